The van der Waals surface area contributed by atoms with Crippen LogP contribution in [0.2, 0.25) is 0 Å². The standard InChI is InChI=1S/C31H36N4O6/c36-19-24(17-23-13-7-15-32-28(23)37)33-29(38)26(16-20-8-2-1-3-9-20)34-30(39)27(35-31(40)41)18-22-12-6-11-21-10-4-5-14-25(21)22/h1-6,8-12,14,23-24,26-27,35-36H,7,13,15-19H2,(H,32,37)(H,33,38)(H,34,39)(H,40,41)/t23-,24?,26?,27?/m0/s1. The summed E-state index contributed by atoms with van der Waals surface area (Å²) < 4.78 is 0. The Hall–Kier alpha value is -4.44. The fourth-order valence-corrected chi connectivity index (χ4v) is 5.26. The molecule has 1 fully saturated rings. The van der Waals surface area contributed by atoms with Gasteiger partial charge >= 0.3 is 6.09 Å². The van der Waals surface area contributed by atoms with Crippen LogP contribution in [0.25, 0.3) is 10.8 Å². The number of aliphatic hydroxyl groups excluding tert-OH is 1. The Morgan fingerprint density at radius 3 is 2.27 bits per heavy atom. The van der Waals surface area contributed by atoms with E-state index in [0.29, 0.717) is 13.0 Å². The number of benzene rings is 3. The number of hydrogen-bond donors (Lipinski definition) is 6. The van der Waals surface area contributed by atoms with Gasteiger partial charge in [0.15, 0.2) is 0 Å². The van der Waals surface area contributed by atoms with Gasteiger partial charge in [0.05, 0.1) is 12.6 Å². The summed E-state index contributed by atoms with van der Waals surface area (Å²) in [7, 11) is 0. The van der Waals surface area contributed by atoms with Crippen molar-refractivity contribution >= 4 is 34.6 Å². The molecule has 0 bridgehead atoms. The van der Waals surface area contributed by atoms with Crippen LogP contribution in [0.1, 0.15) is 30.4 Å². The molecule has 3 aromatic carbocycles. The minimum Gasteiger partial charge on any atom is -0.465 e. The second-order valence-corrected chi connectivity index (χ2v) is 10.3. The third-order valence-electron chi connectivity index (χ3n) is 7.37. The highest BCUT2D eigenvalue weighted by molar-refractivity contribution is 5.92. The summed E-state index contributed by atoms with van der Waals surface area (Å²) in [6, 6.07) is 19.5. The smallest absolute Gasteiger partial charge is 0.405 e. The van der Waals surface area contributed by atoms with Crippen LogP contribution in [0.3, 0.4) is 0 Å². The van der Waals surface area contributed by atoms with Crippen molar-refractivity contribution in [1.29, 1.82) is 0 Å². The van der Waals surface area contributed by atoms with E-state index in [2.05, 4.69) is 21.3 Å². The third-order valence-corrected chi connectivity index (χ3v) is 7.37. The first-order valence-electron chi connectivity index (χ1n) is 13.8. The lowest BCUT2D eigenvalue weighted by Gasteiger charge is -2.28. The fourth-order valence-electron chi connectivity index (χ4n) is 5.26. The average molecular weight is 561 g/mol. The van der Waals surface area contributed by atoms with Crippen LogP contribution in [0.5, 0.6) is 0 Å². The quantitative estimate of drug-likeness (QED) is 0.199. The van der Waals surface area contributed by atoms with E-state index in [1.807, 2.05) is 72.8 Å². The number of piperidine rings is 1. The summed E-state index contributed by atoms with van der Waals surface area (Å²) in [6.45, 7) is 0.243. The van der Waals surface area contributed by atoms with Gasteiger partial charge in [0.1, 0.15) is 12.1 Å². The molecule has 1 saturated heterocycles. The van der Waals surface area contributed by atoms with E-state index in [4.69, 9.17) is 0 Å². The van der Waals surface area contributed by atoms with Gasteiger partial charge in [-0.2, -0.15) is 0 Å². The van der Waals surface area contributed by atoms with Gasteiger partial charge in [-0.25, -0.2) is 4.79 Å². The number of carbonyl (C=O) groups excluding carboxylic acids is 3. The molecule has 0 aromatic heterocycles. The normalized spacial score (nSPS) is 17.1. The Morgan fingerprint density at radius 2 is 1.54 bits per heavy atom. The molecule has 0 saturated carbocycles. The van der Waals surface area contributed by atoms with E-state index < -0.39 is 36.0 Å². The Kier molecular flexibility index (Phi) is 10.3. The van der Waals surface area contributed by atoms with Gasteiger partial charge in [0.25, 0.3) is 0 Å². The van der Waals surface area contributed by atoms with Gasteiger partial charge in [0.2, 0.25) is 17.7 Å². The van der Waals surface area contributed by atoms with E-state index in [9.17, 15) is 29.4 Å². The van der Waals surface area contributed by atoms with Crippen molar-refractivity contribution in [1.82, 2.24) is 21.3 Å². The number of rotatable bonds is 12. The molecule has 0 spiro atoms. The first kappa shape index (κ1) is 29.5. The summed E-state index contributed by atoms with van der Waals surface area (Å²) in [5.74, 6) is -1.61. The van der Waals surface area contributed by atoms with E-state index in [1.54, 1.807) is 0 Å². The minimum atomic E-state index is -1.36. The molecule has 0 radical (unpaired) electrons. The highest BCUT2D eigenvalue weighted by Crippen LogP contribution is 2.20. The zero-order valence-electron chi connectivity index (χ0n) is 22.7. The highest BCUT2D eigenvalue weighted by Gasteiger charge is 2.31. The van der Waals surface area contributed by atoms with Crippen molar-refractivity contribution in [3.8, 4) is 0 Å². The predicted octanol–water partition coefficient (Wildman–Crippen LogP) is 2.14. The molecule has 3 unspecified atom stereocenters. The van der Waals surface area contributed by atoms with Crippen LogP contribution in [-0.2, 0) is 27.2 Å². The van der Waals surface area contributed by atoms with E-state index in [1.165, 1.54) is 0 Å². The minimum absolute atomic E-state index is 0.0786. The summed E-state index contributed by atoms with van der Waals surface area (Å²) in [5, 5.41) is 32.0. The van der Waals surface area contributed by atoms with Crippen LogP contribution in [0.15, 0.2) is 72.8 Å². The Bertz CT molecular complexity index is 1360. The zero-order valence-corrected chi connectivity index (χ0v) is 22.7. The van der Waals surface area contributed by atoms with Gasteiger partial charge in [0, 0.05) is 25.3 Å². The van der Waals surface area contributed by atoms with Gasteiger partial charge in [-0.15, -0.1) is 0 Å². The Morgan fingerprint density at radius 1 is 0.854 bits per heavy atom. The largest absolute Gasteiger partial charge is 0.465 e. The summed E-state index contributed by atoms with van der Waals surface area (Å²) in [5.41, 5.74) is 1.57. The number of nitrogens with one attached hydrogen (secondary N) is 4. The van der Waals surface area contributed by atoms with Crippen LogP contribution >= 0.6 is 0 Å². The first-order valence-corrected chi connectivity index (χ1v) is 13.8. The predicted molar refractivity (Wildman–Crippen MR) is 154 cm³/mol. The average Bonchev–Trinajstić information content (AvgIpc) is 2.97. The number of carbonyl (C=O) groups is 4. The number of amides is 4. The second kappa shape index (κ2) is 14.3. The lowest BCUT2D eigenvalue weighted by molar-refractivity contribution is -0.131. The van der Waals surface area contributed by atoms with Crippen LogP contribution < -0.4 is 21.3 Å². The molecule has 41 heavy (non-hydrogen) atoms. The number of fused-ring (bicyclic) bond motifs is 1. The van der Waals surface area contributed by atoms with E-state index in [0.717, 1.165) is 28.3 Å². The molecule has 216 valence electrons. The molecule has 0 aliphatic carbocycles. The summed E-state index contributed by atoms with van der Waals surface area (Å²) >= 11 is 0. The van der Waals surface area contributed by atoms with Gasteiger partial charge < -0.3 is 31.5 Å². The van der Waals surface area contributed by atoms with Crippen molar-refractivity contribution in [2.75, 3.05) is 13.2 Å². The van der Waals surface area contributed by atoms with Crippen molar-refractivity contribution in [2.24, 2.45) is 5.92 Å². The first-order chi connectivity index (χ1) is 19.8. The topological polar surface area (TPSA) is 157 Å². The molecule has 3 aromatic rings. The van der Waals surface area contributed by atoms with Crippen molar-refractivity contribution in [2.45, 2.75) is 50.2 Å². The second-order valence-electron chi connectivity index (χ2n) is 10.3. The zero-order chi connectivity index (χ0) is 29.2. The Balaban J connectivity index is 1.52. The van der Waals surface area contributed by atoms with Crippen LogP contribution in [0.4, 0.5) is 4.79 Å². The maximum atomic E-state index is 13.5. The maximum Gasteiger partial charge on any atom is 0.405 e. The lowest BCUT2D eigenvalue weighted by Crippen LogP contribution is -2.56. The van der Waals surface area contributed by atoms with Gasteiger partial charge in [-0.1, -0.05) is 72.8 Å². The Labute approximate surface area is 238 Å². The van der Waals surface area contributed by atoms with Crippen molar-refractivity contribution < 1.29 is 29.4 Å². The van der Waals surface area contributed by atoms with E-state index in [-0.39, 0.29) is 37.7 Å². The molecule has 4 amide bonds. The van der Waals surface area contributed by atoms with E-state index >= 15 is 0 Å². The van der Waals surface area contributed by atoms with Gasteiger partial charge in [-0.05, 0) is 41.2 Å². The fraction of sp³-hybridized carbons (Fsp3) is 0.355. The van der Waals surface area contributed by atoms with Crippen molar-refractivity contribution in [3.63, 3.8) is 0 Å². The molecule has 10 heteroatoms. The maximum absolute atomic E-state index is 13.5. The molecule has 1 aliphatic rings. The molecule has 1 heterocycles. The van der Waals surface area contributed by atoms with Crippen LogP contribution in [-0.4, -0.2) is 65.3 Å². The van der Waals surface area contributed by atoms with Crippen LogP contribution in [0, 0.1) is 5.92 Å². The number of hydrogen-bond acceptors (Lipinski definition) is 5. The summed E-state index contributed by atoms with van der Waals surface area (Å²) in [4.78, 5) is 50.9. The summed E-state index contributed by atoms with van der Waals surface area (Å²) in [6.07, 6.45) is 0.623. The third kappa shape index (κ3) is 8.28. The molecule has 4 atom stereocenters. The number of carboxylic acid groups (broad SMARTS) is 1. The SMILES string of the molecule is O=C(O)NC(Cc1cccc2ccccc12)C(=O)NC(Cc1ccccc1)C(=O)NC(CO)C[C@@H]1CCCNC1=O. The molecule has 4 rings (SSSR count). The molecule has 10 nitrogen and oxygen atoms in total. The molecular formula is C31H36N4O6. The molecule has 1 aliphatic heterocycles. The van der Waals surface area contributed by atoms with Crippen molar-refractivity contribution in [3.05, 3.63) is 83.9 Å². The lowest BCUT2D eigenvalue weighted by atomic mass is 9.91. The monoisotopic (exact) mass is 560 g/mol. The molecule has 6 N–H and O–H groups in total. The number of aliphatic hydroxyl groups is 1. The van der Waals surface area contributed by atoms with Gasteiger partial charge in [-0.3, -0.25) is 14.4 Å². The molecular weight excluding hydrogens is 524 g/mol. The highest BCUT2D eigenvalue weighted by atomic mass is 16.4.